The van der Waals surface area contributed by atoms with Crippen LogP contribution in [0.5, 0.6) is 11.5 Å². The van der Waals surface area contributed by atoms with Gasteiger partial charge in [0, 0.05) is 17.1 Å². The van der Waals surface area contributed by atoms with E-state index in [1.807, 2.05) is 37.3 Å². The van der Waals surface area contributed by atoms with Gasteiger partial charge in [-0.2, -0.15) is 10.4 Å². The molecule has 0 aliphatic carbocycles. The third-order valence-corrected chi connectivity index (χ3v) is 3.87. The SMILES string of the molecule is Cc1cc(N/N=C/c2ccc(C#N)cc2)c2cc3c(cc2n1)OCO3. The Hall–Kier alpha value is -3.59. The van der Waals surface area contributed by atoms with Crippen LogP contribution in [0.3, 0.4) is 0 Å². The summed E-state index contributed by atoms with van der Waals surface area (Å²) in [7, 11) is 0. The molecule has 2 aromatic carbocycles. The minimum Gasteiger partial charge on any atom is -0.454 e. The molecule has 122 valence electrons. The number of nitrogens with zero attached hydrogens (tertiary/aromatic N) is 3. The highest BCUT2D eigenvalue weighted by atomic mass is 16.7. The van der Waals surface area contributed by atoms with E-state index in [0.29, 0.717) is 17.1 Å². The van der Waals surface area contributed by atoms with Crippen molar-refractivity contribution >= 4 is 22.8 Å². The van der Waals surface area contributed by atoms with Gasteiger partial charge in [0.25, 0.3) is 0 Å². The Morgan fingerprint density at radius 1 is 1.16 bits per heavy atom. The van der Waals surface area contributed by atoms with Crippen LogP contribution in [0, 0.1) is 18.3 Å². The molecule has 4 rings (SSSR count). The van der Waals surface area contributed by atoms with Crippen molar-refractivity contribution in [3.8, 4) is 17.6 Å². The van der Waals surface area contributed by atoms with Crippen LogP contribution in [-0.4, -0.2) is 18.0 Å². The Kier molecular flexibility index (Phi) is 3.67. The van der Waals surface area contributed by atoms with E-state index in [-0.39, 0.29) is 6.79 Å². The van der Waals surface area contributed by atoms with Crippen LogP contribution in [0.25, 0.3) is 10.9 Å². The van der Waals surface area contributed by atoms with Crippen molar-refractivity contribution in [2.45, 2.75) is 6.92 Å². The van der Waals surface area contributed by atoms with Gasteiger partial charge in [-0.15, -0.1) is 0 Å². The van der Waals surface area contributed by atoms with E-state index in [1.165, 1.54) is 0 Å². The lowest BCUT2D eigenvalue weighted by atomic mass is 10.1. The Labute approximate surface area is 144 Å². The quantitative estimate of drug-likeness (QED) is 0.586. The van der Waals surface area contributed by atoms with E-state index in [1.54, 1.807) is 18.3 Å². The molecule has 0 fully saturated rings. The standard InChI is InChI=1S/C19H14N4O2/c1-12-6-17(23-21-10-14-4-2-13(9-20)3-5-14)15-7-18-19(25-11-24-18)8-16(15)22-12/h2-8,10H,11H2,1H3,(H,22,23)/b21-10+. The number of pyridine rings is 1. The molecule has 6 heteroatoms. The van der Waals surface area contributed by atoms with Gasteiger partial charge >= 0.3 is 0 Å². The smallest absolute Gasteiger partial charge is 0.231 e. The maximum absolute atomic E-state index is 8.83. The van der Waals surface area contributed by atoms with Crippen LogP contribution in [0.4, 0.5) is 5.69 Å². The Balaban J connectivity index is 1.64. The number of hydrazone groups is 1. The van der Waals surface area contributed by atoms with Gasteiger partial charge < -0.3 is 9.47 Å². The van der Waals surface area contributed by atoms with E-state index in [4.69, 9.17) is 14.7 Å². The molecule has 1 aliphatic heterocycles. The lowest BCUT2D eigenvalue weighted by Crippen LogP contribution is -1.95. The highest BCUT2D eigenvalue weighted by molar-refractivity contribution is 5.94. The average Bonchev–Trinajstić information content (AvgIpc) is 3.08. The third-order valence-electron chi connectivity index (χ3n) is 3.87. The maximum atomic E-state index is 8.83. The molecule has 6 nitrogen and oxygen atoms in total. The summed E-state index contributed by atoms with van der Waals surface area (Å²) in [5, 5.41) is 14.0. The summed E-state index contributed by atoms with van der Waals surface area (Å²) in [5.74, 6) is 1.41. The van der Waals surface area contributed by atoms with E-state index >= 15 is 0 Å². The van der Waals surface area contributed by atoms with Crippen LogP contribution in [0.2, 0.25) is 0 Å². The van der Waals surface area contributed by atoms with Crippen LogP contribution in [0.1, 0.15) is 16.8 Å². The minimum absolute atomic E-state index is 0.226. The molecule has 0 saturated carbocycles. The predicted octanol–water partition coefficient (Wildman–Crippen LogP) is 3.59. The second-order valence-corrected chi connectivity index (χ2v) is 5.64. The first kappa shape index (κ1) is 15.0. The molecule has 0 saturated heterocycles. The highest BCUT2D eigenvalue weighted by Gasteiger charge is 2.16. The number of fused-ring (bicyclic) bond motifs is 2. The molecule has 1 aromatic heterocycles. The molecule has 3 aromatic rings. The van der Waals surface area contributed by atoms with Gasteiger partial charge in [0.05, 0.1) is 29.1 Å². The topological polar surface area (TPSA) is 79.5 Å². The average molecular weight is 330 g/mol. The summed E-state index contributed by atoms with van der Waals surface area (Å²) in [6.45, 7) is 2.16. The van der Waals surface area contributed by atoms with Crippen molar-refractivity contribution in [3.63, 3.8) is 0 Å². The number of nitriles is 1. The predicted molar refractivity (Wildman–Crippen MR) is 95.0 cm³/mol. The molecule has 0 amide bonds. The molecule has 1 N–H and O–H groups in total. The zero-order valence-corrected chi connectivity index (χ0v) is 13.5. The Morgan fingerprint density at radius 3 is 2.68 bits per heavy atom. The number of nitrogens with one attached hydrogen (secondary N) is 1. The largest absolute Gasteiger partial charge is 0.454 e. The summed E-state index contributed by atoms with van der Waals surface area (Å²) in [6, 6.07) is 15.0. The molecule has 2 heterocycles. The number of aryl methyl sites for hydroxylation is 1. The monoisotopic (exact) mass is 330 g/mol. The Morgan fingerprint density at radius 2 is 1.92 bits per heavy atom. The second kappa shape index (κ2) is 6.13. The lowest BCUT2D eigenvalue weighted by molar-refractivity contribution is 0.174. The van der Waals surface area contributed by atoms with Crippen LogP contribution in [-0.2, 0) is 0 Å². The lowest BCUT2D eigenvalue weighted by Gasteiger charge is -2.08. The van der Waals surface area contributed by atoms with Gasteiger partial charge in [-0.25, -0.2) is 0 Å². The van der Waals surface area contributed by atoms with E-state index in [9.17, 15) is 0 Å². The summed E-state index contributed by atoms with van der Waals surface area (Å²) < 4.78 is 10.9. The molecule has 0 spiro atoms. The first-order chi connectivity index (χ1) is 12.2. The number of ether oxygens (including phenoxy) is 2. The van der Waals surface area contributed by atoms with E-state index in [2.05, 4.69) is 21.6 Å². The molecule has 0 atom stereocenters. The van der Waals surface area contributed by atoms with Crippen molar-refractivity contribution in [2.24, 2.45) is 5.10 Å². The van der Waals surface area contributed by atoms with Crippen molar-refractivity contribution in [3.05, 3.63) is 59.3 Å². The van der Waals surface area contributed by atoms with Crippen LogP contribution >= 0.6 is 0 Å². The second-order valence-electron chi connectivity index (χ2n) is 5.64. The highest BCUT2D eigenvalue weighted by Crippen LogP contribution is 2.38. The van der Waals surface area contributed by atoms with Crippen LogP contribution < -0.4 is 14.9 Å². The number of benzene rings is 2. The van der Waals surface area contributed by atoms with Crippen molar-refractivity contribution < 1.29 is 9.47 Å². The number of hydrogen-bond acceptors (Lipinski definition) is 6. The van der Waals surface area contributed by atoms with Crippen molar-refractivity contribution in [1.29, 1.82) is 5.26 Å². The summed E-state index contributed by atoms with van der Waals surface area (Å²) in [5.41, 5.74) is 7.12. The van der Waals surface area contributed by atoms with Crippen molar-refractivity contribution in [2.75, 3.05) is 12.2 Å². The van der Waals surface area contributed by atoms with E-state index in [0.717, 1.165) is 27.8 Å². The van der Waals surface area contributed by atoms with Gasteiger partial charge in [-0.3, -0.25) is 10.4 Å². The number of aromatic nitrogens is 1. The van der Waals surface area contributed by atoms with Crippen LogP contribution in [0.15, 0.2) is 47.6 Å². The fourth-order valence-electron chi connectivity index (χ4n) is 2.66. The normalized spacial score (nSPS) is 12.5. The van der Waals surface area contributed by atoms with E-state index < -0.39 is 0 Å². The number of rotatable bonds is 3. The van der Waals surface area contributed by atoms with Gasteiger partial charge in [0.15, 0.2) is 11.5 Å². The minimum atomic E-state index is 0.226. The summed E-state index contributed by atoms with van der Waals surface area (Å²) in [4.78, 5) is 4.54. The molecular weight excluding hydrogens is 316 g/mol. The van der Waals surface area contributed by atoms with Gasteiger partial charge in [0.1, 0.15) is 0 Å². The first-order valence-corrected chi connectivity index (χ1v) is 7.73. The molecule has 0 radical (unpaired) electrons. The number of anilines is 1. The first-order valence-electron chi connectivity index (χ1n) is 7.73. The van der Waals surface area contributed by atoms with Gasteiger partial charge in [-0.05, 0) is 36.8 Å². The molecule has 1 aliphatic rings. The van der Waals surface area contributed by atoms with Gasteiger partial charge in [-0.1, -0.05) is 12.1 Å². The zero-order chi connectivity index (χ0) is 17.2. The fourth-order valence-corrected chi connectivity index (χ4v) is 2.66. The fraction of sp³-hybridized carbons (Fsp3) is 0.105. The molecule has 0 bridgehead atoms. The van der Waals surface area contributed by atoms with Crippen molar-refractivity contribution in [1.82, 2.24) is 4.98 Å². The molecule has 0 unspecified atom stereocenters. The Bertz CT molecular complexity index is 1020. The maximum Gasteiger partial charge on any atom is 0.231 e. The summed E-state index contributed by atoms with van der Waals surface area (Å²) >= 11 is 0. The molecule has 25 heavy (non-hydrogen) atoms. The van der Waals surface area contributed by atoms with Gasteiger partial charge in [0.2, 0.25) is 6.79 Å². The number of hydrogen-bond donors (Lipinski definition) is 1. The zero-order valence-electron chi connectivity index (χ0n) is 13.5. The third kappa shape index (κ3) is 2.95. The molecular formula is C19H14N4O2. The summed E-state index contributed by atoms with van der Waals surface area (Å²) in [6.07, 6.45) is 1.70.